The highest BCUT2D eigenvalue weighted by molar-refractivity contribution is 5.51. The van der Waals surface area contributed by atoms with Gasteiger partial charge in [0.25, 0.3) is 0 Å². The van der Waals surface area contributed by atoms with Crippen molar-refractivity contribution in [2.45, 2.75) is 39.2 Å². The molecule has 1 aliphatic rings. The third-order valence-corrected chi connectivity index (χ3v) is 3.68. The van der Waals surface area contributed by atoms with Crippen LogP contribution in [0.15, 0.2) is 12.1 Å². The largest absolute Gasteiger partial charge is 0.393 e. The Morgan fingerprint density at radius 2 is 2.00 bits per heavy atom. The molecule has 1 aliphatic heterocycles. The van der Waals surface area contributed by atoms with Crippen molar-refractivity contribution < 1.29 is 5.11 Å². The Bertz CT molecular complexity index is 592. The smallest absolute Gasteiger partial charge is 0.157 e. The second-order valence-corrected chi connectivity index (χ2v) is 5.38. The Morgan fingerprint density at radius 3 is 2.84 bits per heavy atom. The van der Waals surface area contributed by atoms with Crippen molar-refractivity contribution in [3.8, 4) is 0 Å². The van der Waals surface area contributed by atoms with Gasteiger partial charge in [0.2, 0.25) is 0 Å². The molecule has 3 heterocycles. The van der Waals surface area contributed by atoms with Gasteiger partial charge >= 0.3 is 0 Å². The van der Waals surface area contributed by atoms with E-state index in [1.54, 1.807) is 0 Å². The fourth-order valence-corrected chi connectivity index (χ4v) is 2.73. The first-order valence-corrected chi connectivity index (χ1v) is 6.90. The summed E-state index contributed by atoms with van der Waals surface area (Å²) in [6, 6.07) is 4.08. The molecule has 1 N–H and O–H groups in total. The van der Waals surface area contributed by atoms with Crippen molar-refractivity contribution in [2.75, 3.05) is 18.0 Å². The molecule has 0 amide bonds. The third kappa shape index (κ3) is 2.42. The fraction of sp³-hybridized carbons (Fsp3) is 0.571. The molecular formula is C14H20N4O. The average Bonchev–Trinajstić information content (AvgIpc) is 2.58. The lowest BCUT2D eigenvalue weighted by Gasteiger charge is -2.23. The van der Waals surface area contributed by atoms with Crippen molar-refractivity contribution in [2.24, 2.45) is 0 Å². The molecule has 19 heavy (non-hydrogen) atoms. The minimum Gasteiger partial charge on any atom is -0.393 e. The molecule has 5 nitrogen and oxygen atoms in total. The molecule has 0 unspecified atom stereocenters. The third-order valence-electron chi connectivity index (χ3n) is 3.68. The highest BCUT2D eigenvalue weighted by atomic mass is 16.3. The standard InChI is InChI=1S/C14H20N4O/c1-10-9-14(17-6-3-4-12(19)5-7-17)18-13(15-10)8-11(2)16-18/h8-9,12,19H,3-7H2,1-2H3/t12-/m1/s1. The number of aromatic nitrogens is 3. The van der Waals surface area contributed by atoms with Gasteiger partial charge < -0.3 is 10.0 Å². The number of aryl methyl sites for hydroxylation is 2. The lowest BCUT2D eigenvalue weighted by Crippen LogP contribution is -2.27. The SMILES string of the molecule is Cc1cc(N2CCC[C@@H](O)CC2)n2nc(C)cc2n1. The molecular weight excluding hydrogens is 240 g/mol. The summed E-state index contributed by atoms with van der Waals surface area (Å²) in [5, 5.41) is 14.3. The molecule has 2 aromatic heterocycles. The molecule has 0 bridgehead atoms. The Hall–Kier alpha value is -1.62. The summed E-state index contributed by atoms with van der Waals surface area (Å²) in [7, 11) is 0. The van der Waals surface area contributed by atoms with Gasteiger partial charge in [0.05, 0.1) is 11.8 Å². The number of rotatable bonds is 1. The molecule has 0 radical (unpaired) electrons. The monoisotopic (exact) mass is 260 g/mol. The summed E-state index contributed by atoms with van der Waals surface area (Å²) >= 11 is 0. The van der Waals surface area contributed by atoms with E-state index in [0.717, 1.165) is 55.2 Å². The lowest BCUT2D eigenvalue weighted by atomic mass is 10.2. The molecule has 0 aliphatic carbocycles. The molecule has 0 saturated carbocycles. The van der Waals surface area contributed by atoms with Crippen LogP contribution in [0.4, 0.5) is 5.82 Å². The molecule has 1 fully saturated rings. The van der Waals surface area contributed by atoms with Crippen molar-refractivity contribution in [3.05, 3.63) is 23.5 Å². The minimum atomic E-state index is -0.164. The summed E-state index contributed by atoms with van der Waals surface area (Å²) in [4.78, 5) is 6.82. The first-order chi connectivity index (χ1) is 9.13. The maximum Gasteiger partial charge on any atom is 0.157 e. The van der Waals surface area contributed by atoms with Crippen LogP contribution in [0, 0.1) is 13.8 Å². The zero-order valence-electron chi connectivity index (χ0n) is 11.5. The van der Waals surface area contributed by atoms with Crippen LogP contribution < -0.4 is 4.90 Å². The molecule has 102 valence electrons. The highest BCUT2D eigenvalue weighted by Gasteiger charge is 2.18. The van der Waals surface area contributed by atoms with E-state index in [-0.39, 0.29) is 6.10 Å². The van der Waals surface area contributed by atoms with Gasteiger partial charge in [-0.15, -0.1) is 0 Å². The predicted molar refractivity (Wildman–Crippen MR) is 74.5 cm³/mol. The highest BCUT2D eigenvalue weighted by Crippen LogP contribution is 2.21. The van der Waals surface area contributed by atoms with E-state index >= 15 is 0 Å². The Morgan fingerprint density at radius 1 is 1.16 bits per heavy atom. The summed E-state index contributed by atoms with van der Waals surface area (Å²) in [6.07, 6.45) is 2.57. The van der Waals surface area contributed by atoms with Crippen molar-refractivity contribution >= 4 is 11.5 Å². The lowest BCUT2D eigenvalue weighted by molar-refractivity contribution is 0.161. The van der Waals surface area contributed by atoms with Crippen LogP contribution in [0.3, 0.4) is 0 Å². The van der Waals surface area contributed by atoms with Gasteiger partial charge in [0, 0.05) is 30.9 Å². The first-order valence-electron chi connectivity index (χ1n) is 6.90. The minimum absolute atomic E-state index is 0.164. The summed E-state index contributed by atoms with van der Waals surface area (Å²) in [5.41, 5.74) is 2.89. The molecule has 5 heteroatoms. The molecule has 1 atom stereocenters. The molecule has 3 rings (SSSR count). The Kier molecular flexibility index (Phi) is 3.14. The second kappa shape index (κ2) is 4.81. The zero-order valence-corrected chi connectivity index (χ0v) is 11.5. The topological polar surface area (TPSA) is 53.7 Å². The number of aliphatic hydroxyl groups excluding tert-OH is 1. The van der Waals surface area contributed by atoms with Crippen LogP contribution in [0.25, 0.3) is 5.65 Å². The number of aliphatic hydroxyl groups is 1. The maximum absolute atomic E-state index is 9.76. The number of nitrogens with zero attached hydrogens (tertiary/aromatic N) is 4. The van der Waals surface area contributed by atoms with Crippen molar-refractivity contribution in [3.63, 3.8) is 0 Å². The Labute approximate surface area is 112 Å². The zero-order chi connectivity index (χ0) is 13.4. The average molecular weight is 260 g/mol. The maximum atomic E-state index is 9.76. The predicted octanol–water partition coefficient (Wildman–Crippen LogP) is 1.70. The summed E-state index contributed by atoms with van der Waals surface area (Å²) in [5.74, 6) is 1.09. The molecule has 0 aromatic carbocycles. The van der Waals surface area contributed by atoms with Gasteiger partial charge in [-0.3, -0.25) is 0 Å². The van der Waals surface area contributed by atoms with E-state index in [1.807, 2.05) is 24.4 Å². The van der Waals surface area contributed by atoms with Crippen LogP contribution in [0.1, 0.15) is 30.7 Å². The van der Waals surface area contributed by atoms with Crippen LogP contribution in [0.2, 0.25) is 0 Å². The van der Waals surface area contributed by atoms with Gasteiger partial charge in [0.1, 0.15) is 5.82 Å². The first kappa shape index (κ1) is 12.4. The van der Waals surface area contributed by atoms with Gasteiger partial charge in [-0.1, -0.05) is 0 Å². The van der Waals surface area contributed by atoms with Crippen molar-refractivity contribution in [1.29, 1.82) is 0 Å². The van der Waals surface area contributed by atoms with Crippen LogP contribution >= 0.6 is 0 Å². The quantitative estimate of drug-likeness (QED) is 0.848. The van der Waals surface area contributed by atoms with Gasteiger partial charge in [-0.25, -0.2) is 4.98 Å². The number of anilines is 1. The molecule has 1 saturated heterocycles. The van der Waals surface area contributed by atoms with E-state index < -0.39 is 0 Å². The number of fused-ring (bicyclic) bond motifs is 1. The number of hydrogen-bond donors (Lipinski definition) is 1. The van der Waals surface area contributed by atoms with Gasteiger partial charge in [-0.05, 0) is 33.1 Å². The van der Waals surface area contributed by atoms with E-state index in [4.69, 9.17) is 0 Å². The van der Waals surface area contributed by atoms with Gasteiger partial charge in [-0.2, -0.15) is 9.61 Å². The van der Waals surface area contributed by atoms with Crippen molar-refractivity contribution in [1.82, 2.24) is 14.6 Å². The second-order valence-electron chi connectivity index (χ2n) is 5.38. The van der Waals surface area contributed by atoms with E-state index in [9.17, 15) is 5.11 Å². The number of hydrogen-bond acceptors (Lipinski definition) is 4. The van der Waals surface area contributed by atoms with Crippen LogP contribution in [-0.4, -0.2) is 38.9 Å². The van der Waals surface area contributed by atoms with Crippen LogP contribution in [-0.2, 0) is 0 Å². The summed E-state index contributed by atoms with van der Waals surface area (Å²) in [6.45, 7) is 5.84. The molecule has 0 spiro atoms. The van der Waals surface area contributed by atoms with E-state index in [0.29, 0.717) is 0 Å². The summed E-state index contributed by atoms with van der Waals surface area (Å²) < 4.78 is 1.92. The van der Waals surface area contributed by atoms with E-state index in [2.05, 4.69) is 21.0 Å². The van der Waals surface area contributed by atoms with Gasteiger partial charge in [0.15, 0.2) is 5.65 Å². The fourth-order valence-electron chi connectivity index (χ4n) is 2.73. The van der Waals surface area contributed by atoms with E-state index in [1.165, 1.54) is 0 Å². The van der Waals surface area contributed by atoms with Crippen LogP contribution in [0.5, 0.6) is 0 Å². The normalized spacial score (nSPS) is 20.8. The molecule has 2 aromatic rings. The Balaban J connectivity index is 2.03.